The number of hydrogen-bond donors (Lipinski definition) is 2. The normalized spacial score (nSPS) is 14.6. The van der Waals surface area contributed by atoms with Crippen molar-refractivity contribution in [3.63, 3.8) is 0 Å². The molecular weight excluding hydrogens is 472 g/mol. The van der Waals surface area contributed by atoms with Crippen molar-refractivity contribution < 1.29 is 18.0 Å². The largest absolute Gasteiger partial charge is 0.365 e. The number of primary amides is 1. The fraction of sp³-hybridized carbons (Fsp3) is 0.500. The summed E-state index contributed by atoms with van der Waals surface area (Å²) in [4.78, 5) is 28.4. The van der Waals surface area contributed by atoms with Gasteiger partial charge in [-0.15, -0.1) is 11.3 Å². The Morgan fingerprint density at radius 3 is 2.24 bits per heavy atom. The number of nitrogens with two attached hydrogens (primary N) is 1. The van der Waals surface area contributed by atoms with E-state index in [2.05, 4.69) is 10.2 Å². The van der Waals surface area contributed by atoms with E-state index in [1.807, 2.05) is 34.7 Å². The topological polar surface area (TPSA) is 113 Å². The average Bonchev–Trinajstić information content (AvgIpc) is 3.09. The van der Waals surface area contributed by atoms with Gasteiger partial charge in [-0.05, 0) is 55.1 Å². The maximum absolute atomic E-state index is 13.2. The van der Waals surface area contributed by atoms with Crippen molar-refractivity contribution in [2.24, 2.45) is 17.6 Å². The van der Waals surface area contributed by atoms with E-state index >= 15 is 0 Å². The maximum atomic E-state index is 13.2. The van der Waals surface area contributed by atoms with Gasteiger partial charge in [-0.25, -0.2) is 8.42 Å². The molecule has 1 aliphatic heterocycles. The summed E-state index contributed by atoms with van der Waals surface area (Å²) in [5, 5.41) is 3.25. The van der Waals surface area contributed by atoms with Gasteiger partial charge in [-0.3, -0.25) is 9.59 Å². The fourth-order valence-corrected chi connectivity index (χ4v) is 7.16. The highest BCUT2D eigenvalue weighted by molar-refractivity contribution is 7.89. The standard InChI is InChI=1S/C24H34N4O4S2/c1-15(2)12-28(13-16(3)4)34(31,32)18-8-6-17(7-9-18)23(30)26-24-21(22(25)29)19-10-11-27(5)14-20(19)33-24/h6-9,15-16H,10-14H2,1-5H3,(H2,25,29)(H,26,30). The zero-order valence-corrected chi connectivity index (χ0v) is 22.1. The van der Waals surface area contributed by atoms with Crippen LogP contribution in [0.4, 0.5) is 5.00 Å². The van der Waals surface area contributed by atoms with Crippen LogP contribution in [0.25, 0.3) is 0 Å². The van der Waals surface area contributed by atoms with E-state index in [1.165, 1.54) is 39.9 Å². The van der Waals surface area contributed by atoms with E-state index in [0.29, 0.717) is 42.2 Å². The Morgan fingerprint density at radius 1 is 1.12 bits per heavy atom. The Hall–Kier alpha value is -2.27. The summed E-state index contributed by atoms with van der Waals surface area (Å²) in [6, 6.07) is 5.91. The molecule has 2 heterocycles. The van der Waals surface area contributed by atoms with Gasteiger partial charge in [-0.2, -0.15) is 4.31 Å². The molecule has 8 nitrogen and oxygen atoms in total. The number of amides is 2. The SMILES string of the molecule is CC(C)CN(CC(C)C)S(=O)(=O)c1ccc(C(=O)Nc2sc3c(c2C(N)=O)CCN(C)C3)cc1. The maximum Gasteiger partial charge on any atom is 0.256 e. The molecule has 3 rings (SSSR count). The lowest BCUT2D eigenvalue weighted by atomic mass is 10.0. The van der Waals surface area contributed by atoms with E-state index in [9.17, 15) is 18.0 Å². The van der Waals surface area contributed by atoms with Crippen molar-refractivity contribution in [3.8, 4) is 0 Å². The number of thiophene rings is 1. The predicted molar refractivity (Wildman–Crippen MR) is 136 cm³/mol. The highest BCUT2D eigenvalue weighted by atomic mass is 32.2. The molecule has 10 heteroatoms. The highest BCUT2D eigenvalue weighted by Gasteiger charge is 2.28. The van der Waals surface area contributed by atoms with Gasteiger partial charge in [-0.1, -0.05) is 27.7 Å². The number of benzene rings is 1. The van der Waals surface area contributed by atoms with E-state index in [4.69, 9.17) is 5.73 Å². The number of carbonyl (C=O) groups excluding carboxylic acids is 2. The van der Waals surface area contributed by atoms with Crippen molar-refractivity contribution >= 4 is 38.2 Å². The third kappa shape index (κ3) is 5.86. The molecule has 0 spiro atoms. The minimum atomic E-state index is -3.68. The van der Waals surface area contributed by atoms with Crippen molar-refractivity contribution in [2.75, 3.05) is 32.0 Å². The second-order valence-corrected chi connectivity index (χ2v) is 12.7. The van der Waals surface area contributed by atoms with Gasteiger partial charge in [0.05, 0.1) is 10.5 Å². The summed E-state index contributed by atoms with van der Waals surface area (Å²) in [6.07, 6.45) is 0.701. The van der Waals surface area contributed by atoms with Gasteiger partial charge in [0.1, 0.15) is 5.00 Å². The first-order chi connectivity index (χ1) is 15.9. The predicted octanol–water partition coefficient (Wildman–Crippen LogP) is 3.39. The average molecular weight is 507 g/mol. The highest BCUT2D eigenvalue weighted by Crippen LogP contribution is 2.37. The molecule has 0 radical (unpaired) electrons. The first-order valence-corrected chi connectivity index (χ1v) is 13.7. The Kier molecular flexibility index (Phi) is 8.18. The molecule has 0 atom stereocenters. The summed E-state index contributed by atoms with van der Waals surface area (Å²) < 4.78 is 27.9. The Morgan fingerprint density at radius 2 is 1.71 bits per heavy atom. The van der Waals surface area contributed by atoms with Crippen LogP contribution in [0.1, 0.15) is 58.9 Å². The molecule has 0 saturated heterocycles. The summed E-state index contributed by atoms with van der Waals surface area (Å²) in [5.41, 5.74) is 7.21. The minimum absolute atomic E-state index is 0.151. The molecule has 0 unspecified atom stereocenters. The van der Waals surface area contributed by atoms with Gasteiger partial charge in [0.2, 0.25) is 10.0 Å². The third-order valence-corrected chi connectivity index (χ3v) is 8.59. The Balaban J connectivity index is 1.83. The number of hydrogen-bond acceptors (Lipinski definition) is 6. The number of nitrogens with one attached hydrogen (secondary N) is 1. The smallest absolute Gasteiger partial charge is 0.256 e. The number of likely N-dealkylation sites (N-methyl/N-ethyl adjacent to an activating group) is 1. The lowest BCUT2D eigenvalue weighted by molar-refractivity contribution is 0.1000. The molecule has 0 saturated carbocycles. The molecule has 34 heavy (non-hydrogen) atoms. The van der Waals surface area contributed by atoms with Crippen LogP contribution in [-0.4, -0.2) is 56.1 Å². The van der Waals surface area contributed by atoms with Crippen molar-refractivity contribution in [1.82, 2.24) is 9.21 Å². The van der Waals surface area contributed by atoms with Gasteiger partial charge < -0.3 is 16.0 Å². The summed E-state index contributed by atoms with van der Waals surface area (Å²) in [5.74, 6) is -0.599. The molecule has 186 valence electrons. The molecule has 2 amide bonds. The summed E-state index contributed by atoms with van der Waals surface area (Å²) in [7, 11) is -1.68. The summed E-state index contributed by atoms with van der Waals surface area (Å²) in [6.45, 7) is 10.3. The Labute approximate surface area is 206 Å². The molecule has 1 aliphatic rings. The Bertz CT molecular complexity index is 1140. The summed E-state index contributed by atoms with van der Waals surface area (Å²) >= 11 is 1.36. The number of rotatable bonds is 9. The second kappa shape index (κ2) is 10.6. The monoisotopic (exact) mass is 506 g/mol. The van der Waals surface area contributed by atoms with Gasteiger partial charge in [0.25, 0.3) is 11.8 Å². The first-order valence-electron chi connectivity index (χ1n) is 11.4. The fourth-order valence-electron chi connectivity index (χ4n) is 4.07. The van der Waals surface area contributed by atoms with E-state index in [0.717, 1.165) is 17.0 Å². The minimum Gasteiger partial charge on any atom is -0.365 e. The molecule has 1 aromatic heterocycles. The van der Waals surface area contributed by atoms with Crippen LogP contribution >= 0.6 is 11.3 Å². The lowest BCUT2D eigenvalue weighted by Crippen LogP contribution is -2.37. The van der Waals surface area contributed by atoms with Crippen LogP contribution in [0.5, 0.6) is 0 Å². The van der Waals surface area contributed by atoms with Crippen LogP contribution in [-0.2, 0) is 23.0 Å². The molecule has 1 aromatic carbocycles. The van der Waals surface area contributed by atoms with Gasteiger partial charge >= 0.3 is 0 Å². The number of fused-ring (bicyclic) bond motifs is 1. The van der Waals surface area contributed by atoms with Gasteiger partial charge in [0.15, 0.2) is 0 Å². The second-order valence-electron chi connectivity index (χ2n) is 9.65. The number of nitrogens with zero attached hydrogens (tertiary/aromatic N) is 2. The van der Waals surface area contributed by atoms with E-state index in [-0.39, 0.29) is 16.7 Å². The van der Waals surface area contributed by atoms with Crippen LogP contribution < -0.4 is 11.1 Å². The van der Waals surface area contributed by atoms with Crippen LogP contribution in [0, 0.1) is 11.8 Å². The van der Waals surface area contributed by atoms with E-state index in [1.54, 1.807) is 0 Å². The van der Waals surface area contributed by atoms with Crippen LogP contribution in [0.15, 0.2) is 29.2 Å². The zero-order valence-electron chi connectivity index (χ0n) is 20.4. The number of anilines is 1. The molecule has 3 N–H and O–H groups in total. The van der Waals surface area contributed by atoms with Crippen LogP contribution in [0.3, 0.4) is 0 Å². The zero-order chi connectivity index (χ0) is 25.2. The first kappa shape index (κ1) is 26.3. The molecule has 0 fully saturated rings. The number of sulfonamides is 1. The van der Waals surface area contributed by atoms with Crippen molar-refractivity contribution in [3.05, 3.63) is 45.8 Å². The molecular formula is C24H34N4O4S2. The molecule has 0 aliphatic carbocycles. The molecule has 2 aromatic rings. The third-order valence-electron chi connectivity index (χ3n) is 5.61. The number of carbonyl (C=O) groups is 2. The van der Waals surface area contributed by atoms with Crippen molar-refractivity contribution in [2.45, 2.75) is 45.6 Å². The molecule has 0 bridgehead atoms. The van der Waals surface area contributed by atoms with Crippen molar-refractivity contribution in [1.29, 1.82) is 0 Å². The van der Waals surface area contributed by atoms with Crippen LogP contribution in [0.2, 0.25) is 0 Å². The van der Waals surface area contributed by atoms with E-state index < -0.39 is 21.8 Å². The quantitative estimate of drug-likeness (QED) is 0.541. The lowest BCUT2D eigenvalue weighted by Gasteiger charge is -2.25. The van der Waals surface area contributed by atoms with Gasteiger partial charge in [0, 0.05) is 36.6 Å².